The number of hydrogen-bond donors (Lipinski definition) is 0. The summed E-state index contributed by atoms with van der Waals surface area (Å²) in [4.78, 5) is 0. The molecule has 0 heterocycles. The highest BCUT2D eigenvalue weighted by molar-refractivity contribution is 6.32. The Morgan fingerprint density at radius 1 is 1.14 bits per heavy atom. The van der Waals surface area contributed by atoms with E-state index in [0.717, 1.165) is 10.9 Å². The highest BCUT2D eigenvalue weighted by Gasteiger charge is 2.07. The molecule has 2 aromatic rings. The number of fused-ring (bicyclic) bond motifs is 1. The molecule has 2 heteroatoms. The second kappa shape index (κ2) is 3.25. The molecule has 0 atom stereocenters. The molecule has 0 bridgehead atoms. The van der Waals surface area contributed by atoms with Crippen molar-refractivity contribution in [3.05, 3.63) is 46.2 Å². The van der Waals surface area contributed by atoms with Gasteiger partial charge in [-0.05, 0) is 25.3 Å². The third-order valence-electron chi connectivity index (χ3n) is 2.41. The van der Waals surface area contributed by atoms with Gasteiger partial charge in [-0.3, -0.25) is 0 Å². The minimum Gasteiger partial charge on any atom is -0.206 e. The van der Waals surface area contributed by atoms with Gasteiger partial charge >= 0.3 is 0 Å². The van der Waals surface area contributed by atoms with Gasteiger partial charge < -0.3 is 0 Å². The number of rotatable bonds is 0. The van der Waals surface area contributed by atoms with Crippen LogP contribution in [0.25, 0.3) is 10.8 Å². The van der Waals surface area contributed by atoms with Crippen LogP contribution in [-0.4, -0.2) is 0 Å². The molecule has 0 fully saturated rings. The second-order valence-electron chi connectivity index (χ2n) is 3.52. The summed E-state index contributed by atoms with van der Waals surface area (Å²) in [6, 6.07) is 7.44. The Morgan fingerprint density at radius 2 is 1.86 bits per heavy atom. The molecule has 0 radical (unpaired) electrons. The lowest BCUT2D eigenvalue weighted by Gasteiger charge is -2.05. The van der Waals surface area contributed by atoms with Crippen LogP contribution in [0, 0.1) is 19.7 Å². The van der Waals surface area contributed by atoms with E-state index >= 15 is 0 Å². The van der Waals surface area contributed by atoms with Crippen molar-refractivity contribution in [2.75, 3.05) is 0 Å². The SMILES string of the molecule is Cc1ccc2c(F)c(C)c(Cl)cc2c1. The predicted molar refractivity (Wildman–Crippen MR) is 58.4 cm³/mol. The van der Waals surface area contributed by atoms with E-state index in [2.05, 4.69) is 0 Å². The molecule has 2 rings (SSSR count). The molecule has 0 amide bonds. The largest absolute Gasteiger partial charge is 0.206 e. The molecule has 0 N–H and O–H groups in total. The molecule has 0 nitrogen and oxygen atoms in total. The van der Waals surface area contributed by atoms with Gasteiger partial charge in [-0.15, -0.1) is 0 Å². The van der Waals surface area contributed by atoms with Gasteiger partial charge in [-0.2, -0.15) is 0 Å². The Morgan fingerprint density at radius 3 is 2.57 bits per heavy atom. The van der Waals surface area contributed by atoms with Crippen molar-refractivity contribution in [2.24, 2.45) is 0 Å². The van der Waals surface area contributed by atoms with Gasteiger partial charge in [0.05, 0.1) is 0 Å². The molecular formula is C12H10ClF. The average molecular weight is 209 g/mol. The average Bonchev–Trinajstić information content (AvgIpc) is 2.14. The maximum Gasteiger partial charge on any atom is 0.135 e. The summed E-state index contributed by atoms with van der Waals surface area (Å²) in [6.45, 7) is 3.67. The maximum absolute atomic E-state index is 13.7. The van der Waals surface area contributed by atoms with E-state index in [9.17, 15) is 4.39 Å². The van der Waals surface area contributed by atoms with Gasteiger partial charge in [0.2, 0.25) is 0 Å². The molecule has 14 heavy (non-hydrogen) atoms. The van der Waals surface area contributed by atoms with Gasteiger partial charge in [0.25, 0.3) is 0 Å². The van der Waals surface area contributed by atoms with Gasteiger partial charge in [0, 0.05) is 16.0 Å². The number of benzene rings is 2. The fourth-order valence-corrected chi connectivity index (χ4v) is 1.75. The van der Waals surface area contributed by atoms with Crippen molar-refractivity contribution in [3.8, 4) is 0 Å². The van der Waals surface area contributed by atoms with Crippen molar-refractivity contribution in [1.29, 1.82) is 0 Å². The minimum absolute atomic E-state index is 0.215. The Bertz CT molecular complexity index is 503. The van der Waals surface area contributed by atoms with Crippen molar-refractivity contribution in [3.63, 3.8) is 0 Å². The summed E-state index contributed by atoms with van der Waals surface area (Å²) >= 11 is 5.91. The summed E-state index contributed by atoms with van der Waals surface area (Å²) in [5.74, 6) is -0.215. The third-order valence-corrected chi connectivity index (χ3v) is 2.81. The van der Waals surface area contributed by atoms with Crippen LogP contribution in [0.4, 0.5) is 4.39 Å². The van der Waals surface area contributed by atoms with Crippen molar-refractivity contribution < 1.29 is 4.39 Å². The van der Waals surface area contributed by atoms with Crippen molar-refractivity contribution in [1.82, 2.24) is 0 Å². The quantitative estimate of drug-likeness (QED) is 0.607. The lowest BCUT2D eigenvalue weighted by molar-refractivity contribution is 0.631. The first-order chi connectivity index (χ1) is 6.59. The second-order valence-corrected chi connectivity index (χ2v) is 3.93. The highest BCUT2D eigenvalue weighted by atomic mass is 35.5. The monoisotopic (exact) mass is 208 g/mol. The van der Waals surface area contributed by atoms with E-state index < -0.39 is 0 Å². The van der Waals surface area contributed by atoms with Crippen LogP contribution in [0.2, 0.25) is 5.02 Å². The van der Waals surface area contributed by atoms with Crippen molar-refractivity contribution in [2.45, 2.75) is 13.8 Å². The number of hydrogen-bond acceptors (Lipinski definition) is 0. The molecule has 0 unspecified atom stereocenters. The number of halogens is 2. The summed E-state index contributed by atoms with van der Waals surface area (Å²) in [7, 11) is 0. The lowest BCUT2D eigenvalue weighted by atomic mass is 10.0. The highest BCUT2D eigenvalue weighted by Crippen LogP contribution is 2.27. The van der Waals surface area contributed by atoms with E-state index in [1.54, 1.807) is 13.0 Å². The van der Waals surface area contributed by atoms with Crippen LogP contribution in [-0.2, 0) is 0 Å². The van der Waals surface area contributed by atoms with Crippen molar-refractivity contribution >= 4 is 22.4 Å². The fourth-order valence-electron chi connectivity index (χ4n) is 1.55. The zero-order valence-electron chi connectivity index (χ0n) is 8.07. The summed E-state index contributed by atoms with van der Waals surface area (Å²) in [5.41, 5.74) is 1.62. The molecule has 0 aliphatic rings. The molecule has 2 aromatic carbocycles. The van der Waals surface area contributed by atoms with E-state index in [4.69, 9.17) is 11.6 Å². The number of aryl methyl sites for hydroxylation is 1. The van der Waals surface area contributed by atoms with E-state index in [1.165, 1.54) is 0 Å². The predicted octanol–water partition coefficient (Wildman–Crippen LogP) is 4.25. The Kier molecular flexibility index (Phi) is 2.20. The van der Waals surface area contributed by atoms with Crippen LogP contribution in [0.5, 0.6) is 0 Å². The molecule has 0 aromatic heterocycles. The minimum atomic E-state index is -0.215. The van der Waals surface area contributed by atoms with Gasteiger partial charge in [0.1, 0.15) is 5.82 Å². The first-order valence-electron chi connectivity index (χ1n) is 4.44. The molecule has 72 valence electrons. The van der Waals surface area contributed by atoms with Crippen LogP contribution in [0.3, 0.4) is 0 Å². The Hall–Kier alpha value is -1.08. The molecule has 0 spiro atoms. The smallest absolute Gasteiger partial charge is 0.135 e. The molecular weight excluding hydrogens is 199 g/mol. The zero-order chi connectivity index (χ0) is 10.3. The first kappa shape index (κ1) is 9.47. The molecule has 0 saturated carbocycles. The summed E-state index contributed by atoms with van der Waals surface area (Å²) in [6.07, 6.45) is 0. The normalized spacial score (nSPS) is 10.9. The summed E-state index contributed by atoms with van der Waals surface area (Å²) in [5, 5.41) is 1.98. The maximum atomic E-state index is 13.7. The van der Waals surface area contributed by atoms with Crippen LogP contribution in [0.15, 0.2) is 24.3 Å². The Balaban J connectivity index is 2.91. The molecule has 0 aliphatic heterocycles. The van der Waals surface area contributed by atoms with E-state index in [1.807, 2.05) is 25.1 Å². The lowest BCUT2D eigenvalue weighted by Crippen LogP contribution is -1.87. The van der Waals surface area contributed by atoms with E-state index in [-0.39, 0.29) is 5.82 Å². The molecule has 0 saturated heterocycles. The molecule has 0 aliphatic carbocycles. The first-order valence-corrected chi connectivity index (χ1v) is 4.82. The van der Waals surface area contributed by atoms with Gasteiger partial charge in [-0.1, -0.05) is 35.4 Å². The van der Waals surface area contributed by atoms with Crippen LogP contribution < -0.4 is 0 Å². The van der Waals surface area contributed by atoms with Gasteiger partial charge in [0.15, 0.2) is 0 Å². The third kappa shape index (κ3) is 1.38. The van der Waals surface area contributed by atoms with Crippen LogP contribution in [0.1, 0.15) is 11.1 Å². The standard InChI is InChI=1S/C12H10ClF/c1-7-3-4-10-9(5-7)6-11(13)8(2)12(10)14/h3-6H,1-2H3. The Labute approximate surface area is 87.3 Å². The zero-order valence-corrected chi connectivity index (χ0v) is 8.82. The topological polar surface area (TPSA) is 0 Å². The summed E-state index contributed by atoms with van der Waals surface area (Å²) < 4.78 is 13.7. The van der Waals surface area contributed by atoms with Gasteiger partial charge in [-0.25, -0.2) is 4.39 Å². The van der Waals surface area contributed by atoms with Crippen LogP contribution >= 0.6 is 11.6 Å². The van der Waals surface area contributed by atoms with E-state index in [0.29, 0.717) is 16.0 Å². The fraction of sp³-hybridized carbons (Fsp3) is 0.167.